The summed E-state index contributed by atoms with van der Waals surface area (Å²) in [6.45, 7) is 1.92. The number of fused-ring (bicyclic) bond motifs is 2. The molecule has 1 spiro atoms. The molecule has 3 aliphatic rings. The van der Waals surface area contributed by atoms with Crippen LogP contribution in [0.2, 0.25) is 0 Å². The maximum Gasteiger partial charge on any atom is 0.324 e. The van der Waals surface area contributed by atoms with Crippen molar-refractivity contribution in [3.8, 4) is 0 Å². The predicted octanol–water partition coefficient (Wildman–Crippen LogP) is 3.84. The second kappa shape index (κ2) is 7.20. The summed E-state index contributed by atoms with van der Waals surface area (Å²) < 4.78 is 8.13. The minimum Gasteiger partial charge on any atom is -0.364 e. The Hall–Kier alpha value is -2.41. The first kappa shape index (κ1) is 17.7. The van der Waals surface area contributed by atoms with Crippen LogP contribution in [0.4, 0.5) is 10.7 Å². The highest BCUT2D eigenvalue weighted by Gasteiger charge is 2.44. The molecular formula is C21H27N5O2. The molecule has 1 saturated heterocycles. The lowest BCUT2D eigenvalue weighted by Crippen LogP contribution is -2.49. The van der Waals surface area contributed by atoms with Gasteiger partial charge in [0.15, 0.2) is 0 Å². The number of aromatic nitrogens is 3. The molecule has 1 saturated carbocycles. The molecule has 5 rings (SSSR count). The number of piperidine rings is 1. The van der Waals surface area contributed by atoms with Gasteiger partial charge in [-0.2, -0.15) is 0 Å². The second-order valence-electron chi connectivity index (χ2n) is 8.24. The van der Waals surface area contributed by atoms with E-state index in [-0.39, 0.29) is 11.6 Å². The van der Waals surface area contributed by atoms with Crippen molar-refractivity contribution in [2.24, 2.45) is 0 Å². The Balaban J connectivity index is 1.27. The van der Waals surface area contributed by atoms with Gasteiger partial charge < -0.3 is 9.64 Å². The third-order valence-corrected chi connectivity index (χ3v) is 6.43. The van der Waals surface area contributed by atoms with Gasteiger partial charge in [0.25, 0.3) is 0 Å². The molecule has 1 atom stereocenters. The van der Waals surface area contributed by atoms with E-state index in [1.54, 1.807) is 6.33 Å². The Morgan fingerprint density at radius 3 is 2.93 bits per heavy atom. The number of hydrogen-bond acceptors (Lipinski definition) is 4. The van der Waals surface area contributed by atoms with Crippen LogP contribution in [0.15, 0.2) is 30.6 Å². The van der Waals surface area contributed by atoms with Crippen molar-refractivity contribution < 1.29 is 9.53 Å². The van der Waals surface area contributed by atoms with Gasteiger partial charge in [-0.1, -0.05) is 43.5 Å². The first-order valence-corrected chi connectivity index (χ1v) is 10.4. The normalized spacial score (nSPS) is 25.1. The van der Waals surface area contributed by atoms with Gasteiger partial charge in [0.1, 0.15) is 11.9 Å². The average Bonchev–Trinajstić information content (AvgIpc) is 3.35. The maximum absolute atomic E-state index is 12.9. The third kappa shape index (κ3) is 3.17. The number of carbonyl (C=O) groups excluding carboxylic acids is 1. The number of hydrogen-bond donors (Lipinski definition) is 1. The van der Waals surface area contributed by atoms with Gasteiger partial charge in [-0.05, 0) is 36.8 Å². The highest BCUT2D eigenvalue weighted by Crippen LogP contribution is 2.42. The van der Waals surface area contributed by atoms with Crippen molar-refractivity contribution in [3.63, 3.8) is 0 Å². The van der Waals surface area contributed by atoms with Crippen LogP contribution >= 0.6 is 0 Å². The van der Waals surface area contributed by atoms with Gasteiger partial charge in [0, 0.05) is 6.54 Å². The fourth-order valence-corrected chi connectivity index (χ4v) is 4.95. The van der Waals surface area contributed by atoms with Crippen LogP contribution in [0.5, 0.6) is 0 Å². The lowest BCUT2D eigenvalue weighted by molar-refractivity contribution is -0.0755. The summed E-state index contributed by atoms with van der Waals surface area (Å²) in [6, 6.07) is 8.61. The first-order valence-electron chi connectivity index (χ1n) is 10.4. The summed E-state index contributed by atoms with van der Waals surface area (Å²) in [5.41, 5.74) is 2.09. The molecule has 2 amide bonds. The van der Waals surface area contributed by atoms with E-state index >= 15 is 0 Å². The second-order valence-corrected chi connectivity index (χ2v) is 8.24. The van der Waals surface area contributed by atoms with E-state index in [0.717, 1.165) is 32.2 Å². The fourth-order valence-electron chi connectivity index (χ4n) is 4.95. The van der Waals surface area contributed by atoms with Crippen molar-refractivity contribution >= 4 is 12.0 Å². The van der Waals surface area contributed by atoms with Gasteiger partial charge >= 0.3 is 6.03 Å². The van der Waals surface area contributed by atoms with E-state index in [1.165, 1.54) is 30.4 Å². The molecule has 1 unspecified atom stereocenters. The lowest BCUT2D eigenvalue weighted by Gasteiger charge is -2.40. The van der Waals surface area contributed by atoms with Crippen LogP contribution in [0.3, 0.4) is 0 Å². The molecule has 2 fully saturated rings. The summed E-state index contributed by atoms with van der Waals surface area (Å²) in [7, 11) is 0. The summed E-state index contributed by atoms with van der Waals surface area (Å²) >= 11 is 0. The Kier molecular flexibility index (Phi) is 4.55. The third-order valence-electron chi connectivity index (χ3n) is 6.43. The Bertz CT molecular complexity index is 856. The molecular weight excluding hydrogens is 354 g/mol. The Labute approximate surface area is 165 Å². The van der Waals surface area contributed by atoms with Gasteiger partial charge in [-0.25, -0.2) is 14.5 Å². The van der Waals surface area contributed by atoms with Crippen LogP contribution in [-0.4, -0.2) is 38.8 Å². The molecule has 7 nitrogen and oxygen atoms in total. The molecule has 28 heavy (non-hydrogen) atoms. The highest BCUT2D eigenvalue weighted by atomic mass is 16.5. The molecule has 1 aromatic heterocycles. The predicted molar refractivity (Wildman–Crippen MR) is 105 cm³/mol. The largest absolute Gasteiger partial charge is 0.364 e. The first-order chi connectivity index (χ1) is 13.7. The van der Waals surface area contributed by atoms with Crippen molar-refractivity contribution in [1.29, 1.82) is 0 Å². The Morgan fingerprint density at radius 1 is 1.18 bits per heavy atom. The van der Waals surface area contributed by atoms with Gasteiger partial charge in [0.2, 0.25) is 5.95 Å². The fraction of sp³-hybridized carbons (Fsp3) is 0.571. The minimum atomic E-state index is -0.374. The zero-order valence-corrected chi connectivity index (χ0v) is 16.1. The summed E-state index contributed by atoms with van der Waals surface area (Å²) in [5, 5.41) is 7.40. The number of amides is 2. The minimum absolute atomic E-state index is 0.145. The van der Waals surface area contributed by atoms with Gasteiger partial charge in [-0.3, -0.25) is 5.32 Å². The average molecular weight is 381 g/mol. The molecule has 1 N–H and O–H groups in total. The molecule has 148 valence electrons. The Morgan fingerprint density at radius 2 is 2.04 bits per heavy atom. The van der Waals surface area contributed by atoms with Crippen molar-refractivity contribution in [1.82, 2.24) is 19.7 Å². The number of nitrogens with one attached hydrogen (secondary N) is 1. The highest BCUT2D eigenvalue weighted by molar-refractivity contribution is 5.87. The molecule has 1 aliphatic carbocycles. The standard InChI is InChI=1S/C21H27N5O2/c27-20(23-19-22-15-26(24-19)17-8-2-1-3-9-17)25-12-6-11-21(14-25)18-10-5-4-7-16(18)13-28-21/h4-5,7,10,15,17H,1-3,6,8-9,11-14H2,(H,23,24,27). The maximum atomic E-state index is 12.9. The molecule has 1 aromatic carbocycles. The zero-order chi connectivity index (χ0) is 19.0. The number of likely N-dealkylation sites (tertiary alicyclic amines) is 1. The van der Waals surface area contributed by atoms with Crippen LogP contribution in [0.25, 0.3) is 0 Å². The molecule has 3 heterocycles. The number of anilines is 1. The summed E-state index contributed by atoms with van der Waals surface area (Å²) in [5.74, 6) is 0.392. The van der Waals surface area contributed by atoms with Crippen LogP contribution in [0.1, 0.15) is 62.1 Å². The van der Waals surface area contributed by atoms with Crippen LogP contribution < -0.4 is 5.32 Å². The summed E-state index contributed by atoms with van der Waals surface area (Å²) in [4.78, 5) is 19.0. The zero-order valence-electron chi connectivity index (χ0n) is 16.1. The van der Waals surface area contributed by atoms with Gasteiger partial charge in [0.05, 0.1) is 19.2 Å². The van der Waals surface area contributed by atoms with Crippen LogP contribution in [0, 0.1) is 0 Å². The van der Waals surface area contributed by atoms with E-state index in [2.05, 4.69) is 33.6 Å². The topological polar surface area (TPSA) is 72.3 Å². The number of benzene rings is 1. The van der Waals surface area contributed by atoms with Gasteiger partial charge in [-0.15, -0.1) is 5.10 Å². The molecule has 2 aliphatic heterocycles. The van der Waals surface area contributed by atoms with E-state index < -0.39 is 0 Å². The van der Waals surface area contributed by atoms with Crippen LogP contribution in [-0.2, 0) is 16.9 Å². The number of carbonyl (C=O) groups is 1. The SMILES string of the molecule is O=C(Nc1ncn(C2CCCCC2)n1)N1CCCC2(C1)OCc1ccccc12. The monoisotopic (exact) mass is 381 g/mol. The smallest absolute Gasteiger partial charge is 0.324 e. The number of urea groups is 1. The number of ether oxygens (including phenoxy) is 1. The number of rotatable bonds is 2. The van der Waals surface area contributed by atoms with E-state index in [4.69, 9.17) is 4.74 Å². The molecule has 7 heteroatoms. The molecule has 2 aromatic rings. The number of nitrogens with zero attached hydrogens (tertiary/aromatic N) is 4. The van der Waals surface area contributed by atoms with E-state index in [0.29, 0.717) is 25.1 Å². The summed E-state index contributed by atoms with van der Waals surface area (Å²) in [6.07, 6.45) is 9.68. The van der Waals surface area contributed by atoms with E-state index in [9.17, 15) is 4.79 Å². The van der Waals surface area contributed by atoms with Crippen molar-refractivity contribution in [2.75, 3.05) is 18.4 Å². The molecule has 0 radical (unpaired) electrons. The van der Waals surface area contributed by atoms with Crippen molar-refractivity contribution in [2.45, 2.75) is 63.2 Å². The lowest BCUT2D eigenvalue weighted by atomic mass is 9.85. The molecule has 0 bridgehead atoms. The van der Waals surface area contributed by atoms with Crippen molar-refractivity contribution in [3.05, 3.63) is 41.7 Å². The quantitative estimate of drug-likeness (QED) is 0.858. The van der Waals surface area contributed by atoms with E-state index in [1.807, 2.05) is 15.6 Å².